The molecule has 0 spiro atoms. The number of nitrogens with zero attached hydrogens (tertiary/aromatic N) is 2. The normalized spacial score (nSPS) is 11.1. The predicted octanol–water partition coefficient (Wildman–Crippen LogP) is 5.30. The third-order valence-electron chi connectivity index (χ3n) is 3.13. The van der Waals surface area contributed by atoms with Crippen molar-refractivity contribution < 1.29 is 8.78 Å². The number of halogens is 4. The Labute approximate surface area is 132 Å². The van der Waals surface area contributed by atoms with Gasteiger partial charge in [0, 0.05) is 10.5 Å². The number of aryl methyl sites for hydroxylation is 1. The van der Waals surface area contributed by atoms with E-state index in [-0.39, 0.29) is 16.5 Å². The monoisotopic (exact) mass is 368 g/mol. The Bertz CT molecular complexity index is 868. The fourth-order valence-electron chi connectivity index (χ4n) is 2.08. The van der Waals surface area contributed by atoms with Crippen molar-refractivity contribution in [2.24, 2.45) is 0 Å². The highest BCUT2D eigenvalue weighted by Crippen LogP contribution is 2.33. The van der Waals surface area contributed by atoms with Crippen LogP contribution < -0.4 is 0 Å². The van der Waals surface area contributed by atoms with Gasteiger partial charge in [0.15, 0.2) is 5.82 Å². The minimum absolute atomic E-state index is 0.111. The van der Waals surface area contributed by atoms with Crippen LogP contribution in [0.3, 0.4) is 0 Å². The first-order chi connectivity index (χ1) is 9.97. The van der Waals surface area contributed by atoms with Crippen molar-refractivity contribution in [2.45, 2.75) is 6.92 Å². The van der Waals surface area contributed by atoms with Crippen LogP contribution in [0.4, 0.5) is 8.78 Å². The van der Waals surface area contributed by atoms with Crippen LogP contribution >= 0.6 is 27.5 Å². The molecule has 1 heterocycles. The van der Waals surface area contributed by atoms with Crippen LogP contribution in [0.2, 0.25) is 5.15 Å². The van der Waals surface area contributed by atoms with Gasteiger partial charge in [-0.05, 0) is 46.6 Å². The highest BCUT2D eigenvalue weighted by atomic mass is 79.9. The summed E-state index contributed by atoms with van der Waals surface area (Å²) in [6.07, 6.45) is 0. The van der Waals surface area contributed by atoms with Crippen LogP contribution in [0.5, 0.6) is 0 Å². The largest absolute Gasteiger partial charge is 0.227 e. The van der Waals surface area contributed by atoms with Gasteiger partial charge < -0.3 is 0 Å². The highest BCUT2D eigenvalue weighted by molar-refractivity contribution is 9.10. The molecule has 1 aromatic heterocycles. The first-order valence-electron chi connectivity index (χ1n) is 6.05. The summed E-state index contributed by atoms with van der Waals surface area (Å²) in [6.45, 7) is 1.88. The van der Waals surface area contributed by atoms with E-state index in [2.05, 4.69) is 25.9 Å². The molecule has 0 bridgehead atoms. The van der Waals surface area contributed by atoms with Crippen LogP contribution in [-0.4, -0.2) is 9.97 Å². The lowest BCUT2D eigenvalue weighted by Gasteiger charge is -2.09. The van der Waals surface area contributed by atoms with Crippen molar-refractivity contribution in [3.8, 4) is 11.4 Å². The minimum atomic E-state index is -0.724. The highest BCUT2D eigenvalue weighted by Gasteiger charge is 2.15. The van der Waals surface area contributed by atoms with E-state index < -0.39 is 11.6 Å². The van der Waals surface area contributed by atoms with Crippen molar-refractivity contribution in [3.05, 3.63) is 57.2 Å². The van der Waals surface area contributed by atoms with Crippen LogP contribution in [0, 0.1) is 18.6 Å². The zero-order chi connectivity index (χ0) is 15.1. The zero-order valence-corrected chi connectivity index (χ0v) is 13.1. The van der Waals surface area contributed by atoms with Crippen molar-refractivity contribution in [3.63, 3.8) is 0 Å². The quantitative estimate of drug-likeness (QED) is 0.544. The summed E-state index contributed by atoms with van der Waals surface area (Å²) in [4.78, 5) is 8.50. The molecule has 0 unspecified atom stereocenters. The molecule has 0 amide bonds. The maximum absolute atomic E-state index is 13.9. The van der Waals surface area contributed by atoms with Gasteiger partial charge in [0.1, 0.15) is 16.8 Å². The molecular formula is C15H8BrClF2N2. The summed E-state index contributed by atoms with van der Waals surface area (Å²) in [5, 5.41) is 0.886. The predicted molar refractivity (Wildman–Crippen MR) is 82.3 cm³/mol. The van der Waals surface area contributed by atoms with Gasteiger partial charge >= 0.3 is 0 Å². The summed E-state index contributed by atoms with van der Waals surface area (Å²) < 4.78 is 27.6. The lowest BCUT2D eigenvalue weighted by Crippen LogP contribution is -1.96. The third-order valence-corrected chi connectivity index (χ3v) is 4.06. The Balaban J connectivity index is 2.33. The molecule has 3 rings (SSSR count). The summed E-state index contributed by atoms with van der Waals surface area (Å²) in [5.41, 5.74) is 1.63. The molecule has 6 heteroatoms. The molecule has 0 aliphatic rings. The number of aromatic nitrogens is 2. The lowest BCUT2D eigenvalue weighted by molar-refractivity contribution is 0.585. The van der Waals surface area contributed by atoms with E-state index in [9.17, 15) is 8.78 Å². The number of fused-ring (bicyclic) bond motifs is 1. The van der Waals surface area contributed by atoms with E-state index in [1.54, 1.807) is 0 Å². The van der Waals surface area contributed by atoms with E-state index >= 15 is 0 Å². The summed E-state index contributed by atoms with van der Waals surface area (Å²) in [7, 11) is 0. The number of rotatable bonds is 1. The maximum Gasteiger partial charge on any atom is 0.164 e. The Kier molecular flexibility index (Phi) is 3.63. The smallest absolute Gasteiger partial charge is 0.164 e. The third kappa shape index (κ3) is 2.51. The van der Waals surface area contributed by atoms with E-state index in [0.717, 1.165) is 22.2 Å². The molecule has 0 fully saturated rings. The second kappa shape index (κ2) is 5.31. The van der Waals surface area contributed by atoms with E-state index in [4.69, 9.17) is 11.6 Å². The SMILES string of the molecule is Cc1ccc(Br)c2c(Cl)nc(-c3ccc(F)cc3F)nc12. The molecule has 0 aliphatic heterocycles. The van der Waals surface area contributed by atoms with Crippen molar-refractivity contribution >= 4 is 38.4 Å². The van der Waals surface area contributed by atoms with Crippen LogP contribution in [0.15, 0.2) is 34.8 Å². The zero-order valence-electron chi connectivity index (χ0n) is 10.8. The van der Waals surface area contributed by atoms with Crippen molar-refractivity contribution in [1.29, 1.82) is 0 Å². The Hall–Kier alpha value is -1.59. The van der Waals surface area contributed by atoms with Crippen LogP contribution in [0.1, 0.15) is 5.56 Å². The summed E-state index contributed by atoms with van der Waals surface area (Å²) >= 11 is 9.59. The molecular weight excluding hydrogens is 362 g/mol. The molecule has 2 aromatic carbocycles. The fourth-order valence-corrected chi connectivity index (χ4v) is 2.98. The van der Waals surface area contributed by atoms with Gasteiger partial charge in [-0.25, -0.2) is 18.7 Å². The van der Waals surface area contributed by atoms with Crippen LogP contribution in [0.25, 0.3) is 22.3 Å². The van der Waals surface area contributed by atoms with E-state index in [0.29, 0.717) is 10.9 Å². The van der Waals surface area contributed by atoms with Gasteiger partial charge in [-0.2, -0.15) is 0 Å². The molecule has 3 aromatic rings. The molecule has 0 atom stereocenters. The summed E-state index contributed by atoms with van der Waals surface area (Å²) in [6, 6.07) is 6.99. The lowest BCUT2D eigenvalue weighted by atomic mass is 10.1. The topological polar surface area (TPSA) is 25.8 Å². The average molecular weight is 370 g/mol. The molecule has 106 valence electrons. The van der Waals surface area contributed by atoms with Gasteiger partial charge in [-0.3, -0.25) is 0 Å². The van der Waals surface area contributed by atoms with Gasteiger partial charge in [-0.1, -0.05) is 17.7 Å². The van der Waals surface area contributed by atoms with Gasteiger partial charge in [0.25, 0.3) is 0 Å². The number of benzene rings is 2. The van der Waals surface area contributed by atoms with Gasteiger partial charge in [-0.15, -0.1) is 0 Å². The molecule has 0 saturated carbocycles. The second-order valence-electron chi connectivity index (χ2n) is 4.55. The molecule has 2 nitrogen and oxygen atoms in total. The molecule has 0 saturated heterocycles. The fraction of sp³-hybridized carbons (Fsp3) is 0.0667. The van der Waals surface area contributed by atoms with E-state index in [1.165, 1.54) is 6.07 Å². The molecule has 21 heavy (non-hydrogen) atoms. The standard InChI is InChI=1S/C15H8BrClF2N2/c1-7-2-5-10(16)12-13(7)20-15(21-14(12)17)9-4-3-8(18)6-11(9)19/h2-6H,1H3. The Morgan fingerprint density at radius 2 is 1.86 bits per heavy atom. The Morgan fingerprint density at radius 1 is 1.10 bits per heavy atom. The van der Waals surface area contributed by atoms with Crippen molar-refractivity contribution in [1.82, 2.24) is 9.97 Å². The number of hydrogen-bond acceptors (Lipinski definition) is 2. The van der Waals surface area contributed by atoms with Crippen molar-refractivity contribution in [2.75, 3.05) is 0 Å². The average Bonchev–Trinajstić information content (AvgIpc) is 2.42. The first-order valence-corrected chi connectivity index (χ1v) is 7.22. The number of hydrogen-bond donors (Lipinski definition) is 0. The van der Waals surface area contributed by atoms with E-state index in [1.807, 2.05) is 19.1 Å². The van der Waals surface area contributed by atoms with Crippen LogP contribution in [-0.2, 0) is 0 Å². The summed E-state index contributed by atoms with van der Waals surface area (Å²) in [5.74, 6) is -1.24. The van der Waals surface area contributed by atoms with Gasteiger partial charge in [0.2, 0.25) is 0 Å². The minimum Gasteiger partial charge on any atom is -0.227 e. The Morgan fingerprint density at radius 3 is 2.57 bits per heavy atom. The maximum atomic E-state index is 13.9. The van der Waals surface area contributed by atoms with Gasteiger partial charge in [0.05, 0.1) is 16.5 Å². The molecule has 0 aliphatic carbocycles. The molecule has 0 N–H and O–H groups in total. The second-order valence-corrected chi connectivity index (χ2v) is 5.76. The first kappa shape index (κ1) is 14.4. The molecule has 0 radical (unpaired) electrons.